The topological polar surface area (TPSA) is 101 Å². The number of pyridine rings is 1. The first kappa shape index (κ1) is 20.8. The molecule has 1 saturated heterocycles. The third-order valence-corrected chi connectivity index (χ3v) is 5.61. The van der Waals surface area contributed by atoms with E-state index in [1.165, 1.54) is 17.9 Å². The Balaban J connectivity index is 1.31. The SMILES string of the molecule is CC(=O)NC[C@H]1CN(c2ccc(N3Cc4cnc(-c5cccnc5)nc4C3)c(F)c2)C(=O)O1. The molecule has 0 bridgehead atoms. The Morgan fingerprint density at radius 2 is 2.15 bits per heavy atom. The van der Waals surface area contributed by atoms with Crippen LogP contribution in [0.3, 0.4) is 0 Å². The van der Waals surface area contributed by atoms with Crippen molar-refractivity contribution in [2.45, 2.75) is 26.1 Å². The highest BCUT2D eigenvalue weighted by atomic mass is 19.1. The number of nitrogens with zero attached hydrogens (tertiary/aromatic N) is 5. The monoisotopic (exact) mass is 448 g/mol. The van der Waals surface area contributed by atoms with E-state index in [0.29, 0.717) is 30.3 Å². The number of hydrogen-bond donors (Lipinski definition) is 1. The van der Waals surface area contributed by atoms with Crippen molar-refractivity contribution in [3.63, 3.8) is 0 Å². The first-order valence-electron chi connectivity index (χ1n) is 10.5. The minimum atomic E-state index is -0.565. The Morgan fingerprint density at radius 1 is 1.27 bits per heavy atom. The van der Waals surface area contributed by atoms with E-state index < -0.39 is 18.0 Å². The van der Waals surface area contributed by atoms with E-state index >= 15 is 4.39 Å². The van der Waals surface area contributed by atoms with Gasteiger partial charge in [0.25, 0.3) is 0 Å². The van der Waals surface area contributed by atoms with Gasteiger partial charge in [-0.1, -0.05) is 0 Å². The highest BCUT2D eigenvalue weighted by molar-refractivity contribution is 5.90. The van der Waals surface area contributed by atoms with Gasteiger partial charge in [-0.15, -0.1) is 0 Å². The van der Waals surface area contributed by atoms with Crippen LogP contribution in [0.25, 0.3) is 11.4 Å². The molecule has 168 valence electrons. The molecule has 5 rings (SSSR count). The number of anilines is 2. The molecule has 0 unspecified atom stereocenters. The number of aromatic nitrogens is 3. The predicted octanol–water partition coefficient (Wildman–Crippen LogP) is 2.66. The summed E-state index contributed by atoms with van der Waals surface area (Å²) >= 11 is 0. The van der Waals surface area contributed by atoms with Crippen LogP contribution in [0.2, 0.25) is 0 Å². The van der Waals surface area contributed by atoms with Crippen molar-refractivity contribution in [1.29, 1.82) is 0 Å². The molecule has 0 saturated carbocycles. The van der Waals surface area contributed by atoms with Crippen LogP contribution in [-0.4, -0.2) is 46.1 Å². The largest absolute Gasteiger partial charge is 0.442 e. The fourth-order valence-electron chi connectivity index (χ4n) is 3.97. The lowest BCUT2D eigenvalue weighted by atomic mass is 10.2. The number of carbonyl (C=O) groups is 2. The van der Waals surface area contributed by atoms with E-state index in [1.54, 1.807) is 30.7 Å². The molecule has 4 heterocycles. The first-order valence-corrected chi connectivity index (χ1v) is 10.5. The van der Waals surface area contributed by atoms with E-state index in [9.17, 15) is 9.59 Å². The maximum atomic E-state index is 15.1. The summed E-state index contributed by atoms with van der Waals surface area (Å²) in [4.78, 5) is 39.7. The van der Waals surface area contributed by atoms with Crippen molar-refractivity contribution in [3.8, 4) is 11.4 Å². The number of carbonyl (C=O) groups excluding carboxylic acids is 2. The Kier molecular flexibility index (Phi) is 5.33. The molecule has 33 heavy (non-hydrogen) atoms. The summed E-state index contributed by atoms with van der Waals surface area (Å²) in [5.41, 5.74) is 3.43. The van der Waals surface area contributed by atoms with Crippen LogP contribution in [0, 0.1) is 5.82 Å². The van der Waals surface area contributed by atoms with Gasteiger partial charge in [0, 0.05) is 43.2 Å². The molecule has 0 aliphatic carbocycles. The number of nitrogens with one attached hydrogen (secondary N) is 1. The molecular weight excluding hydrogens is 427 g/mol. The highest BCUT2D eigenvalue weighted by Crippen LogP contribution is 2.33. The van der Waals surface area contributed by atoms with Gasteiger partial charge in [0.05, 0.1) is 36.7 Å². The second kappa shape index (κ2) is 8.45. The lowest BCUT2D eigenvalue weighted by Gasteiger charge is -2.20. The van der Waals surface area contributed by atoms with Gasteiger partial charge in [0.2, 0.25) is 5.91 Å². The second-order valence-corrected chi connectivity index (χ2v) is 7.95. The van der Waals surface area contributed by atoms with Crippen LogP contribution in [0.5, 0.6) is 0 Å². The third kappa shape index (κ3) is 4.19. The lowest BCUT2D eigenvalue weighted by Crippen LogP contribution is -2.33. The van der Waals surface area contributed by atoms with Gasteiger partial charge in [-0.25, -0.2) is 19.2 Å². The third-order valence-electron chi connectivity index (χ3n) is 5.61. The molecule has 2 amide bonds. The molecule has 10 heteroatoms. The molecule has 2 aromatic heterocycles. The summed E-state index contributed by atoms with van der Waals surface area (Å²) in [5, 5.41) is 2.62. The van der Waals surface area contributed by atoms with Crippen LogP contribution in [0.15, 0.2) is 48.9 Å². The number of benzene rings is 1. The molecular formula is C23H21FN6O3. The van der Waals surface area contributed by atoms with Gasteiger partial charge in [0.1, 0.15) is 11.9 Å². The molecule has 2 aliphatic heterocycles. The molecule has 1 aromatic carbocycles. The Labute approximate surface area is 189 Å². The van der Waals surface area contributed by atoms with Gasteiger partial charge in [-0.05, 0) is 30.3 Å². The highest BCUT2D eigenvalue weighted by Gasteiger charge is 2.33. The molecule has 0 spiro atoms. The standard InChI is InChI=1S/C23H21FN6O3/c1-14(31)26-10-18-12-30(23(32)33-18)17-4-5-21(19(24)7-17)29-11-16-9-27-22(28-20(16)13-29)15-3-2-6-25-8-15/h2-9,18H,10-13H2,1H3,(H,26,31)/t18-/m0/s1. The van der Waals surface area contributed by atoms with E-state index in [0.717, 1.165) is 16.8 Å². The summed E-state index contributed by atoms with van der Waals surface area (Å²) in [6.07, 6.45) is 4.12. The van der Waals surface area contributed by atoms with Crippen molar-refractivity contribution in [2.75, 3.05) is 22.9 Å². The van der Waals surface area contributed by atoms with Crippen molar-refractivity contribution >= 4 is 23.4 Å². The maximum Gasteiger partial charge on any atom is 0.414 e. The number of fused-ring (bicyclic) bond motifs is 1. The molecule has 3 aromatic rings. The number of amides is 2. The van der Waals surface area contributed by atoms with E-state index in [4.69, 9.17) is 4.74 Å². The summed E-state index contributed by atoms with van der Waals surface area (Å²) in [5.74, 6) is -0.0662. The number of halogens is 1. The van der Waals surface area contributed by atoms with Gasteiger partial charge >= 0.3 is 6.09 Å². The van der Waals surface area contributed by atoms with Crippen molar-refractivity contribution in [1.82, 2.24) is 20.3 Å². The maximum absolute atomic E-state index is 15.1. The molecule has 9 nitrogen and oxygen atoms in total. The number of ether oxygens (including phenoxy) is 1. The molecule has 1 atom stereocenters. The summed E-state index contributed by atoms with van der Waals surface area (Å²) in [6, 6.07) is 8.39. The van der Waals surface area contributed by atoms with Crippen LogP contribution in [0.1, 0.15) is 18.2 Å². The zero-order valence-corrected chi connectivity index (χ0v) is 17.9. The quantitative estimate of drug-likeness (QED) is 0.640. The second-order valence-electron chi connectivity index (χ2n) is 7.95. The fourth-order valence-corrected chi connectivity index (χ4v) is 3.97. The zero-order valence-electron chi connectivity index (χ0n) is 17.9. The minimum absolute atomic E-state index is 0.205. The summed E-state index contributed by atoms with van der Waals surface area (Å²) in [6.45, 7) is 2.78. The smallest absolute Gasteiger partial charge is 0.414 e. The van der Waals surface area contributed by atoms with Gasteiger partial charge < -0.3 is 15.0 Å². The normalized spacial score (nSPS) is 17.2. The zero-order chi connectivity index (χ0) is 22.9. The first-order chi connectivity index (χ1) is 16.0. The Bertz CT molecular complexity index is 1220. The fraction of sp³-hybridized carbons (Fsp3) is 0.261. The number of hydrogen-bond acceptors (Lipinski definition) is 7. The average molecular weight is 448 g/mol. The Morgan fingerprint density at radius 3 is 2.91 bits per heavy atom. The van der Waals surface area contributed by atoms with Crippen molar-refractivity contribution in [2.24, 2.45) is 0 Å². The van der Waals surface area contributed by atoms with Crippen molar-refractivity contribution in [3.05, 3.63) is 66.0 Å². The predicted molar refractivity (Wildman–Crippen MR) is 118 cm³/mol. The van der Waals surface area contributed by atoms with Crippen LogP contribution in [0.4, 0.5) is 20.6 Å². The van der Waals surface area contributed by atoms with E-state index in [-0.39, 0.29) is 19.0 Å². The van der Waals surface area contributed by atoms with Crippen LogP contribution >= 0.6 is 0 Å². The van der Waals surface area contributed by atoms with Gasteiger partial charge in [0.15, 0.2) is 5.82 Å². The number of rotatable bonds is 5. The molecule has 1 fully saturated rings. The molecule has 0 radical (unpaired) electrons. The van der Waals surface area contributed by atoms with Crippen LogP contribution < -0.4 is 15.1 Å². The lowest BCUT2D eigenvalue weighted by molar-refractivity contribution is -0.119. The summed E-state index contributed by atoms with van der Waals surface area (Å²) in [7, 11) is 0. The average Bonchev–Trinajstić information content (AvgIpc) is 3.40. The Hall–Kier alpha value is -4.08. The minimum Gasteiger partial charge on any atom is -0.442 e. The van der Waals surface area contributed by atoms with Crippen LogP contribution in [-0.2, 0) is 22.6 Å². The molecule has 1 N–H and O–H groups in total. The molecule has 2 aliphatic rings. The van der Waals surface area contributed by atoms with Crippen molar-refractivity contribution < 1.29 is 18.7 Å². The van der Waals surface area contributed by atoms with Gasteiger partial charge in [-0.2, -0.15) is 0 Å². The van der Waals surface area contributed by atoms with E-state index in [1.807, 2.05) is 17.0 Å². The van der Waals surface area contributed by atoms with Gasteiger partial charge in [-0.3, -0.25) is 14.7 Å². The number of cyclic esters (lactones) is 1. The summed E-state index contributed by atoms with van der Waals surface area (Å²) < 4.78 is 20.3. The van der Waals surface area contributed by atoms with E-state index in [2.05, 4.69) is 20.3 Å².